The number of aryl methyl sites for hydroxylation is 1. The fraction of sp³-hybridized carbons (Fsp3) is 0.316. The molecule has 3 aromatic heterocycles. The van der Waals surface area contributed by atoms with Crippen LogP contribution in [-0.2, 0) is 11.3 Å². The highest BCUT2D eigenvalue weighted by Crippen LogP contribution is 2.22. The summed E-state index contributed by atoms with van der Waals surface area (Å²) < 4.78 is 8.21. The van der Waals surface area contributed by atoms with E-state index in [1.54, 1.807) is 16.7 Å². The summed E-state index contributed by atoms with van der Waals surface area (Å²) in [4.78, 5) is 25.2. The zero-order chi connectivity index (χ0) is 20.4. The molecule has 4 rings (SSSR count). The van der Waals surface area contributed by atoms with Gasteiger partial charge in [0.25, 0.3) is 5.56 Å². The van der Waals surface area contributed by atoms with E-state index in [1.807, 2.05) is 22.6 Å². The average molecular weight is 412 g/mol. The highest BCUT2D eigenvalue weighted by Gasteiger charge is 2.18. The van der Waals surface area contributed by atoms with Gasteiger partial charge in [-0.3, -0.25) is 18.6 Å². The Labute approximate surface area is 170 Å². The predicted molar refractivity (Wildman–Crippen MR) is 110 cm³/mol. The number of benzene rings is 1. The minimum absolute atomic E-state index is 0.0820. The number of nitrogens with zero attached hydrogens (tertiary/aromatic N) is 5. The van der Waals surface area contributed by atoms with Crippen LogP contribution >= 0.6 is 11.8 Å². The van der Waals surface area contributed by atoms with Crippen molar-refractivity contribution in [2.24, 2.45) is 5.92 Å². The summed E-state index contributed by atoms with van der Waals surface area (Å²) >= 11 is 1.24. The molecule has 0 spiro atoms. The Hall–Kier alpha value is -3.14. The smallest absolute Gasteiger partial charge is 0.262 e. The van der Waals surface area contributed by atoms with Gasteiger partial charge in [0.2, 0.25) is 11.7 Å². The number of aromatic nitrogens is 5. The molecule has 3 heterocycles. The number of amides is 1. The second kappa shape index (κ2) is 8.08. The molecular formula is C19H20N6O3S. The maximum atomic E-state index is 13.0. The van der Waals surface area contributed by atoms with E-state index in [-0.39, 0.29) is 17.2 Å². The zero-order valence-corrected chi connectivity index (χ0v) is 16.8. The van der Waals surface area contributed by atoms with Gasteiger partial charge < -0.3 is 9.84 Å². The molecule has 4 aromatic rings. The van der Waals surface area contributed by atoms with Crippen molar-refractivity contribution in [1.29, 1.82) is 0 Å². The van der Waals surface area contributed by atoms with Crippen molar-refractivity contribution >= 4 is 40.2 Å². The molecule has 0 bridgehead atoms. The summed E-state index contributed by atoms with van der Waals surface area (Å²) in [7, 11) is 0. The van der Waals surface area contributed by atoms with E-state index < -0.39 is 0 Å². The normalized spacial score (nSPS) is 11.6. The zero-order valence-electron chi connectivity index (χ0n) is 16.0. The van der Waals surface area contributed by atoms with E-state index >= 15 is 0 Å². The fourth-order valence-corrected chi connectivity index (χ4v) is 3.74. The third kappa shape index (κ3) is 3.88. The second-order valence-corrected chi connectivity index (χ2v) is 7.94. The van der Waals surface area contributed by atoms with Crippen LogP contribution in [0.25, 0.3) is 16.7 Å². The summed E-state index contributed by atoms with van der Waals surface area (Å²) in [5.74, 6) is 1.17. The summed E-state index contributed by atoms with van der Waals surface area (Å²) in [6.45, 7) is 4.78. The molecule has 0 radical (unpaired) electrons. The number of anilines is 1. The van der Waals surface area contributed by atoms with Crippen LogP contribution in [0.15, 0.2) is 51.1 Å². The van der Waals surface area contributed by atoms with Crippen molar-refractivity contribution in [3.63, 3.8) is 0 Å². The van der Waals surface area contributed by atoms with E-state index in [4.69, 9.17) is 4.52 Å². The van der Waals surface area contributed by atoms with Gasteiger partial charge in [-0.25, -0.2) is 0 Å². The first-order valence-electron chi connectivity index (χ1n) is 9.24. The van der Waals surface area contributed by atoms with Crippen LogP contribution < -0.4 is 10.9 Å². The van der Waals surface area contributed by atoms with E-state index in [2.05, 4.69) is 34.5 Å². The lowest BCUT2D eigenvalue weighted by Gasteiger charge is -2.12. The van der Waals surface area contributed by atoms with Gasteiger partial charge in [0.05, 0.1) is 16.7 Å². The summed E-state index contributed by atoms with van der Waals surface area (Å²) in [6, 6.07) is 8.93. The Balaban J connectivity index is 1.70. The summed E-state index contributed by atoms with van der Waals surface area (Å²) in [6.07, 6.45) is 2.24. The lowest BCUT2D eigenvalue weighted by Crippen LogP contribution is -2.24. The van der Waals surface area contributed by atoms with Gasteiger partial charge in [-0.1, -0.05) is 42.9 Å². The molecule has 1 amide bonds. The Morgan fingerprint density at radius 3 is 2.83 bits per heavy atom. The molecule has 0 saturated heterocycles. The van der Waals surface area contributed by atoms with Crippen LogP contribution in [0.3, 0.4) is 0 Å². The number of thioether (sulfide) groups is 1. The van der Waals surface area contributed by atoms with Crippen LogP contribution in [0.2, 0.25) is 0 Å². The van der Waals surface area contributed by atoms with Crippen LogP contribution in [0.5, 0.6) is 0 Å². The average Bonchev–Trinajstić information content (AvgIpc) is 3.36. The number of hydrogen-bond acceptors (Lipinski definition) is 7. The number of carbonyl (C=O) groups is 1. The minimum Gasteiger partial charge on any atom is -0.363 e. The summed E-state index contributed by atoms with van der Waals surface area (Å²) in [5.41, 5.74) is 0.638. The van der Waals surface area contributed by atoms with E-state index in [0.29, 0.717) is 34.6 Å². The molecule has 0 aliphatic carbocycles. The number of nitrogens with one attached hydrogen (secondary N) is 1. The largest absolute Gasteiger partial charge is 0.363 e. The Morgan fingerprint density at radius 1 is 1.24 bits per heavy atom. The first-order valence-corrected chi connectivity index (χ1v) is 10.2. The first-order chi connectivity index (χ1) is 14.0. The molecule has 1 N–H and O–H groups in total. The molecule has 29 heavy (non-hydrogen) atoms. The summed E-state index contributed by atoms with van der Waals surface area (Å²) in [5, 5.41) is 15.9. The molecule has 0 aliphatic rings. The van der Waals surface area contributed by atoms with Crippen molar-refractivity contribution in [2.45, 2.75) is 32.0 Å². The SMILES string of the molecule is CC(C)CCn1c(=O)c2ccccc2n2c(SCC(=O)Nc3ccon3)nnc12. The van der Waals surface area contributed by atoms with E-state index in [9.17, 15) is 9.59 Å². The lowest BCUT2D eigenvalue weighted by molar-refractivity contribution is -0.113. The van der Waals surface area contributed by atoms with Crippen molar-refractivity contribution in [3.05, 3.63) is 46.9 Å². The second-order valence-electron chi connectivity index (χ2n) is 7.00. The number of rotatable bonds is 7. The molecule has 0 aliphatic heterocycles. The minimum atomic E-state index is -0.238. The van der Waals surface area contributed by atoms with Crippen LogP contribution in [0, 0.1) is 5.92 Å². The highest BCUT2D eigenvalue weighted by atomic mass is 32.2. The van der Waals surface area contributed by atoms with Crippen molar-refractivity contribution in [2.75, 3.05) is 11.1 Å². The van der Waals surface area contributed by atoms with E-state index in [1.165, 1.54) is 18.0 Å². The third-order valence-corrected chi connectivity index (χ3v) is 5.37. The molecule has 9 nitrogen and oxygen atoms in total. The number of fused-ring (bicyclic) bond motifs is 3. The molecule has 150 valence electrons. The van der Waals surface area contributed by atoms with Gasteiger partial charge in [-0.15, -0.1) is 10.2 Å². The maximum absolute atomic E-state index is 13.0. The van der Waals surface area contributed by atoms with Crippen molar-refractivity contribution in [1.82, 2.24) is 24.3 Å². The Bertz CT molecular complexity index is 1210. The number of hydrogen-bond donors (Lipinski definition) is 1. The van der Waals surface area contributed by atoms with Crippen LogP contribution in [0.1, 0.15) is 20.3 Å². The third-order valence-electron chi connectivity index (χ3n) is 4.45. The van der Waals surface area contributed by atoms with Gasteiger partial charge >= 0.3 is 0 Å². The van der Waals surface area contributed by atoms with Gasteiger partial charge in [0, 0.05) is 12.6 Å². The van der Waals surface area contributed by atoms with Gasteiger partial charge in [-0.05, 0) is 24.5 Å². The molecule has 1 aromatic carbocycles. The first kappa shape index (κ1) is 19.2. The van der Waals surface area contributed by atoms with Crippen LogP contribution in [0.4, 0.5) is 5.82 Å². The maximum Gasteiger partial charge on any atom is 0.262 e. The molecule has 0 fully saturated rings. The van der Waals surface area contributed by atoms with Gasteiger partial charge in [0.15, 0.2) is 11.0 Å². The fourth-order valence-electron chi connectivity index (χ4n) is 3.00. The van der Waals surface area contributed by atoms with Gasteiger partial charge in [0.1, 0.15) is 6.26 Å². The quantitative estimate of drug-likeness (QED) is 0.465. The number of carbonyl (C=O) groups excluding carboxylic acids is 1. The Morgan fingerprint density at radius 2 is 2.07 bits per heavy atom. The number of para-hydroxylation sites is 1. The highest BCUT2D eigenvalue weighted by molar-refractivity contribution is 7.99. The van der Waals surface area contributed by atoms with Crippen molar-refractivity contribution in [3.8, 4) is 0 Å². The predicted octanol–water partition coefficient (Wildman–Crippen LogP) is 2.81. The molecule has 10 heteroatoms. The molecule has 0 unspecified atom stereocenters. The molecular weight excluding hydrogens is 392 g/mol. The van der Waals surface area contributed by atoms with Crippen molar-refractivity contribution < 1.29 is 9.32 Å². The standard InChI is InChI=1S/C19H20N6O3S/c1-12(2)7-9-24-17(27)13-5-3-4-6-14(13)25-18(24)21-22-19(25)29-11-16(26)20-15-8-10-28-23-15/h3-6,8,10,12H,7,9,11H2,1-2H3,(H,20,23,26). The Kier molecular flexibility index (Phi) is 5.34. The van der Waals surface area contributed by atoms with E-state index in [0.717, 1.165) is 11.9 Å². The topological polar surface area (TPSA) is 107 Å². The van der Waals surface area contributed by atoms with Crippen LogP contribution in [-0.4, -0.2) is 36.0 Å². The molecule has 0 atom stereocenters. The lowest BCUT2D eigenvalue weighted by atomic mass is 10.1. The molecule has 0 saturated carbocycles. The monoisotopic (exact) mass is 412 g/mol. The van der Waals surface area contributed by atoms with Gasteiger partial charge in [-0.2, -0.15) is 0 Å².